The zero-order chi connectivity index (χ0) is 20.5. The number of carbonyl (C=O) groups is 3. The van der Waals surface area contributed by atoms with Gasteiger partial charge < -0.3 is 9.80 Å². The molecule has 3 atom stereocenters. The summed E-state index contributed by atoms with van der Waals surface area (Å²) in [4.78, 5) is 43.7. The molecule has 7 nitrogen and oxygen atoms in total. The highest BCUT2D eigenvalue weighted by Gasteiger charge is 2.63. The fourth-order valence-electron chi connectivity index (χ4n) is 4.55. The second-order valence-corrected chi connectivity index (χ2v) is 9.03. The lowest BCUT2D eigenvalue weighted by Crippen LogP contribution is -2.56. The molecule has 0 aliphatic carbocycles. The number of hydrogen-bond acceptors (Lipinski definition) is 4. The van der Waals surface area contributed by atoms with E-state index in [9.17, 15) is 14.4 Å². The number of nitrogens with zero attached hydrogens (tertiary/aromatic N) is 4. The highest BCUT2D eigenvalue weighted by Crippen LogP contribution is 2.44. The van der Waals surface area contributed by atoms with Gasteiger partial charge in [0, 0.05) is 12.0 Å². The van der Waals surface area contributed by atoms with Crippen LogP contribution in [0.4, 0.5) is 10.5 Å². The SMILES string of the molecule is Cc1c(N2C(=O)[C@H]3C4C[C@H](CN4C(=O)C(C)(C)C)N3C2=O)ccc(C#N)c1Cl. The first-order chi connectivity index (χ1) is 13.1. The van der Waals surface area contributed by atoms with Gasteiger partial charge in [0.15, 0.2) is 0 Å². The van der Waals surface area contributed by atoms with Gasteiger partial charge in [0.05, 0.1) is 28.4 Å². The van der Waals surface area contributed by atoms with Crippen molar-refractivity contribution in [1.82, 2.24) is 9.80 Å². The molecule has 146 valence electrons. The summed E-state index contributed by atoms with van der Waals surface area (Å²) in [7, 11) is 0. The van der Waals surface area contributed by atoms with Crippen LogP contribution in [0.15, 0.2) is 12.1 Å². The Morgan fingerprint density at radius 2 is 1.96 bits per heavy atom. The molecule has 0 aromatic heterocycles. The summed E-state index contributed by atoms with van der Waals surface area (Å²) in [6, 6.07) is 3.60. The highest BCUT2D eigenvalue weighted by molar-refractivity contribution is 6.33. The number of amides is 4. The molecule has 3 aliphatic rings. The van der Waals surface area contributed by atoms with E-state index >= 15 is 0 Å². The van der Waals surface area contributed by atoms with Crippen molar-refractivity contribution in [3.63, 3.8) is 0 Å². The number of piperazine rings is 1. The summed E-state index contributed by atoms with van der Waals surface area (Å²) < 4.78 is 0. The van der Waals surface area contributed by atoms with Gasteiger partial charge in [-0.25, -0.2) is 9.69 Å². The van der Waals surface area contributed by atoms with Crippen LogP contribution in [0.3, 0.4) is 0 Å². The zero-order valence-corrected chi connectivity index (χ0v) is 16.9. The fourth-order valence-corrected chi connectivity index (χ4v) is 4.75. The lowest BCUT2D eigenvalue weighted by molar-refractivity contribution is -0.143. The van der Waals surface area contributed by atoms with Gasteiger partial charge in [-0.05, 0) is 31.0 Å². The number of likely N-dealkylation sites (tertiary alicyclic amines) is 1. The van der Waals surface area contributed by atoms with Gasteiger partial charge in [0.25, 0.3) is 5.91 Å². The number of imide groups is 1. The number of halogens is 1. The number of anilines is 1. The van der Waals surface area contributed by atoms with Crippen LogP contribution in [0.1, 0.15) is 38.3 Å². The summed E-state index contributed by atoms with van der Waals surface area (Å²) in [6.45, 7) is 7.71. The molecule has 3 heterocycles. The van der Waals surface area contributed by atoms with Crippen molar-refractivity contribution in [2.45, 2.75) is 52.2 Å². The minimum Gasteiger partial charge on any atom is -0.334 e. The Kier molecular flexibility index (Phi) is 3.99. The summed E-state index contributed by atoms with van der Waals surface area (Å²) in [6.07, 6.45) is 0.630. The van der Waals surface area contributed by atoms with E-state index in [1.165, 1.54) is 6.07 Å². The first kappa shape index (κ1) is 18.8. The monoisotopic (exact) mass is 400 g/mol. The summed E-state index contributed by atoms with van der Waals surface area (Å²) in [5, 5.41) is 9.37. The van der Waals surface area contributed by atoms with Gasteiger partial charge in [-0.2, -0.15) is 5.26 Å². The number of urea groups is 1. The topological polar surface area (TPSA) is 84.7 Å². The van der Waals surface area contributed by atoms with Gasteiger partial charge in [-0.3, -0.25) is 9.59 Å². The van der Waals surface area contributed by atoms with Crippen LogP contribution in [0.2, 0.25) is 5.02 Å². The minimum atomic E-state index is -0.661. The normalized spacial score (nSPS) is 26.1. The number of carbonyl (C=O) groups excluding carboxylic acids is 3. The Hall–Kier alpha value is -2.59. The van der Waals surface area contributed by atoms with Crippen molar-refractivity contribution in [3.8, 4) is 6.07 Å². The number of nitriles is 1. The molecule has 2 bridgehead atoms. The number of benzene rings is 1. The summed E-state index contributed by atoms with van der Waals surface area (Å²) in [5.41, 5.74) is 0.655. The van der Waals surface area contributed by atoms with Crippen LogP contribution >= 0.6 is 11.6 Å². The van der Waals surface area contributed by atoms with E-state index in [0.29, 0.717) is 29.8 Å². The van der Waals surface area contributed by atoms with Crippen LogP contribution in [-0.4, -0.2) is 52.3 Å². The van der Waals surface area contributed by atoms with Crippen LogP contribution in [0.5, 0.6) is 0 Å². The fraction of sp³-hybridized carbons (Fsp3) is 0.500. The molecule has 3 aliphatic heterocycles. The molecule has 8 heteroatoms. The maximum Gasteiger partial charge on any atom is 0.332 e. The molecule has 3 saturated heterocycles. The lowest BCUT2D eigenvalue weighted by atomic mass is 9.93. The third-order valence-electron chi connectivity index (χ3n) is 5.89. The Morgan fingerprint density at radius 3 is 2.57 bits per heavy atom. The predicted molar refractivity (Wildman–Crippen MR) is 103 cm³/mol. The van der Waals surface area contributed by atoms with Crippen LogP contribution in [-0.2, 0) is 9.59 Å². The number of fused-ring (bicyclic) bond motifs is 5. The van der Waals surface area contributed by atoms with Crippen molar-refractivity contribution in [2.75, 3.05) is 11.4 Å². The van der Waals surface area contributed by atoms with Gasteiger partial charge in [0.1, 0.15) is 12.1 Å². The van der Waals surface area contributed by atoms with Gasteiger partial charge in [-0.1, -0.05) is 32.4 Å². The van der Waals surface area contributed by atoms with Crippen molar-refractivity contribution in [3.05, 3.63) is 28.3 Å². The molecule has 3 fully saturated rings. The van der Waals surface area contributed by atoms with E-state index in [1.54, 1.807) is 22.8 Å². The average Bonchev–Trinajstić information content (AvgIpc) is 3.28. The molecule has 4 amide bonds. The Bertz CT molecular complexity index is 961. The van der Waals surface area contributed by atoms with Gasteiger partial charge >= 0.3 is 6.03 Å². The van der Waals surface area contributed by atoms with Gasteiger partial charge in [0.2, 0.25) is 5.91 Å². The molecular weight excluding hydrogens is 380 g/mol. The number of hydrogen-bond donors (Lipinski definition) is 0. The van der Waals surface area contributed by atoms with Crippen molar-refractivity contribution < 1.29 is 14.4 Å². The molecule has 0 saturated carbocycles. The Balaban J connectivity index is 1.70. The summed E-state index contributed by atoms with van der Waals surface area (Å²) >= 11 is 6.24. The second-order valence-electron chi connectivity index (χ2n) is 8.66. The largest absolute Gasteiger partial charge is 0.334 e. The molecule has 4 rings (SSSR count). The maximum atomic E-state index is 13.2. The first-order valence-electron chi connectivity index (χ1n) is 9.24. The van der Waals surface area contributed by atoms with Crippen LogP contribution < -0.4 is 4.90 Å². The van der Waals surface area contributed by atoms with E-state index in [1.807, 2.05) is 26.8 Å². The quantitative estimate of drug-likeness (QED) is 0.678. The van der Waals surface area contributed by atoms with Crippen LogP contribution in [0, 0.1) is 23.7 Å². The molecule has 0 spiro atoms. The number of rotatable bonds is 1. The van der Waals surface area contributed by atoms with Crippen LogP contribution in [0.25, 0.3) is 0 Å². The lowest BCUT2D eigenvalue weighted by Gasteiger charge is -2.37. The maximum absolute atomic E-state index is 13.2. The first-order valence-corrected chi connectivity index (χ1v) is 9.62. The highest BCUT2D eigenvalue weighted by atomic mass is 35.5. The molecular formula is C20H21ClN4O3. The Morgan fingerprint density at radius 1 is 1.29 bits per heavy atom. The minimum absolute atomic E-state index is 0.00375. The molecule has 1 aromatic rings. The van der Waals surface area contributed by atoms with Crippen molar-refractivity contribution in [2.24, 2.45) is 5.41 Å². The molecule has 28 heavy (non-hydrogen) atoms. The average molecular weight is 401 g/mol. The second kappa shape index (κ2) is 5.95. The molecule has 1 unspecified atom stereocenters. The zero-order valence-electron chi connectivity index (χ0n) is 16.2. The third kappa shape index (κ3) is 2.37. The van der Waals surface area contributed by atoms with E-state index in [0.717, 1.165) is 4.90 Å². The van der Waals surface area contributed by atoms with Crippen molar-refractivity contribution in [1.29, 1.82) is 5.26 Å². The predicted octanol–water partition coefficient (Wildman–Crippen LogP) is 2.69. The van der Waals surface area contributed by atoms with Gasteiger partial charge in [-0.15, -0.1) is 0 Å². The van der Waals surface area contributed by atoms with E-state index in [2.05, 4.69) is 0 Å². The van der Waals surface area contributed by atoms with E-state index in [4.69, 9.17) is 16.9 Å². The van der Waals surface area contributed by atoms with E-state index < -0.39 is 11.5 Å². The van der Waals surface area contributed by atoms with Crippen molar-refractivity contribution >= 4 is 35.1 Å². The van der Waals surface area contributed by atoms with E-state index in [-0.39, 0.29) is 35.0 Å². The molecule has 1 aromatic carbocycles. The molecule has 0 radical (unpaired) electrons. The third-order valence-corrected chi connectivity index (χ3v) is 6.37. The summed E-state index contributed by atoms with van der Waals surface area (Å²) in [5.74, 6) is -0.344. The molecule has 0 N–H and O–H groups in total. The Labute approximate surface area is 168 Å². The smallest absolute Gasteiger partial charge is 0.332 e. The standard InChI is InChI=1S/C20H21ClN4O3/c1-10-13(6-5-11(8-22)15(10)21)25-17(26)16-14-7-12(24(16)19(25)28)9-23(14)18(27)20(2,3)4/h5-6,12,14,16H,7,9H2,1-4H3/t12-,14?,16-/m1/s1.